The maximum Gasteiger partial charge on any atom is 0.136 e. The molecule has 1 aliphatic heterocycles. The van der Waals surface area contributed by atoms with E-state index in [0.717, 1.165) is 39.4 Å². The lowest BCUT2D eigenvalue weighted by atomic mass is 9.98. The van der Waals surface area contributed by atoms with E-state index >= 15 is 0 Å². The number of rotatable bonds is 1. The molecule has 3 heteroatoms. The quantitative estimate of drug-likeness (QED) is 0.437. The van der Waals surface area contributed by atoms with Crippen molar-refractivity contribution in [3.63, 3.8) is 0 Å². The lowest BCUT2D eigenvalue weighted by molar-refractivity contribution is 0.488. The molecule has 0 aliphatic carbocycles. The van der Waals surface area contributed by atoms with Crippen LogP contribution in [-0.4, -0.2) is 13.1 Å². The molecule has 0 fully saturated rings. The number of fused-ring (bicyclic) bond motifs is 5. The molecule has 0 radical (unpaired) electrons. The van der Waals surface area contributed by atoms with Crippen LogP contribution in [0.15, 0.2) is 54.7 Å². The second-order valence-corrected chi connectivity index (χ2v) is 12.5. The van der Waals surface area contributed by atoms with Gasteiger partial charge in [-0.3, -0.25) is 4.98 Å². The minimum absolute atomic E-state index is 0.876. The third-order valence-electron chi connectivity index (χ3n) is 4.52. The molecule has 2 aromatic carbocycles. The Morgan fingerprint density at radius 3 is 2.42 bits per heavy atom. The molecule has 0 amide bonds. The van der Waals surface area contributed by atoms with Gasteiger partial charge in [0, 0.05) is 22.9 Å². The Morgan fingerprint density at radius 2 is 1.62 bits per heavy atom. The maximum absolute atomic E-state index is 6.34. The van der Waals surface area contributed by atoms with Gasteiger partial charge in [-0.05, 0) is 36.8 Å². The molecule has 0 saturated carbocycles. The van der Waals surface area contributed by atoms with Crippen molar-refractivity contribution < 1.29 is 4.74 Å². The number of para-hydroxylation sites is 1. The fraction of sp³-hybridized carbons (Fsp3) is 0.190. The molecule has 0 unspecified atom stereocenters. The molecule has 1 aromatic heterocycles. The molecule has 120 valence electrons. The molecule has 4 rings (SSSR count). The van der Waals surface area contributed by atoms with Crippen LogP contribution in [0.2, 0.25) is 19.6 Å². The van der Waals surface area contributed by atoms with Gasteiger partial charge in [-0.2, -0.15) is 0 Å². The van der Waals surface area contributed by atoms with Crippen molar-refractivity contribution in [1.29, 1.82) is 0 Å². The Balaban J connectivity index is 2.04. The van der Waals surface area contributed by atoms with Crippen LogP contribution in [0.1, 0.15) is 5.56 Å². The van der Waals surface area contributed by atoms with Crippen molar-refractivity contribution in [3.8, 4) is 33.9 Å². The van der Waals surface area contributed by atoms with Gasteiger partial charge in [0.2, 0.25) is 0 Å². The number of benzene rings is 2. The molecule has 2 heterocycles. The van der Waals surface area contributed by atoms with Gasteiger partial charge in [0.1, 0.15) is 11.5 Å². The van der Waals surface area contributed by atoms with E-state index in [1.54, 1.807) is 0 Å². The van der Waals surface area contributed by atoms with Crippen molar-refractivity contribution in [2.45, 2.75) is 26.6 Å². The van der Waals surface area contributed by atoms with Crippen LogP contribution in [0.5, 0.6) is 11.5 Å². The largest absolute Gasteiger partial charge is 0.456 e. The highest BCUT2D eigenvalue weighted by molar-refractivity contribution is 6.88. The van der Waals surface area contributed by atoms with Crippen molar-refractivity contribution in [2.24, 2.45) is 0 Å². The number of aromatic nitrogens is 1. The van der Waals surface area contributed by atoms with Gasteiger partial charge < -0.3 is 4.74 Å². The van der Waals surface area contributed by atoms with Crippen LogP contribution in [0.4, 0.5) is 0 Å². The zero-order valence-corrected chi connectivity index (χ0v) is 15.6. The molecule has 0 N–H and O–H groups in total. The van der Waals surface area contributed by atoms with E-state index < -0.39 is 8.07 Å². The Labute approximate surface area is 144 Å². The Morgan fingerprint density at radius 1 is 0.833 bits per heavy atom. The third kappa shape index (κ3) is 2.45. The Kier molecular flexibility index (Phi) is 3.36. The SMILES string of the molecule is Cc1cnc2c(c1)-c1ccc([Si](C)(C)C)cc1Oc1ccccc1-2. The zero-order chi connectivity index (χ0) is 16.9. The van der Waals surface area contributed by atoms with Gasteiger partial charge in [-0.1, -0.05) is 49.1 Å². The highest BCUT2D eigenvalue weighted by atomic mass is 28.3. The molecular formula is C21H21NOSi. The molecular weight excluding hydrogens is 310 g/mol. The average molecular weight is 331 g/mol. The molecule has 0 spiro atoms. The van der Waals surface area contributed by atoms with E-state index in [1.807, 2.05) is 24.4 Å². The van der Waals surface area contributed by atoms with Crippen LogP contribution >= 0.6 is 0 Å². The first-order chi connectivity index (χ1) is 11.4. The number of hydrogen-bond donors (Lipinski definition) is 0. The summed E-state index contributed by atoms with van der Waals surface area (Å²) in [7, 11) is -1.40. The van der Waals surface area contributed by atoms with Crippen LogP contribution in [0.25, 0.3) is 22.4 Å². The molecule has 1 aliphatic rings. The van der Waals surface area contributed by atoms with E-state index in [1.165, 1.54) is 5.19 Å². The molecule has 0 saturated heterocycles. The van der Waals surface area contributed by atoms with Crippen LogP contribution in [-0.2, 0) is 0 Å². The van der Waals surface area contributed by atoms with Gasteiger partial charge in [-0.15, -0.1) is 0 Å². The number of ether oxygens (including phenoxy) is 1. The molecule has 24 heavy (non-hydrogen) atoms. The van der Waals surface area contributed by atoms with Crippen molar-refractivity contribution in [3.05, 3.63) is 60.3 Å². The van der Waals surface area contributed by atoms with Gasteiger partial charge in [0.25, 0.3) is 0 Å². The van der Waals surface area contributed by atoms with E-state index in [9.17, 15) is 0 Å². The van der Waals surface area contributed by atoms with Gasteiger partial charge in [0.05, 0.1) is 13.8 Å². The first kappa shape index (κ1) is 15.2. The summed E-state index contributed by atoms with van der Waals surface area (Å²) in [5.41, 5.74) is 5.48. The summed E-state index contributed by atoms with van der Waals surface area (Å²) < 4.78 is 6.34. The van der Waals surface area contributed by atoms with E-state index in [0.29, 0.717) is 0 Å². The van der Waals surface area contributed by atoms with Crippen molar-refractivity contribution in [2.75, 3.05) is 0 Å². The van der Waals surface area contributed by atoms with E-state index in [2.05, 4.69) is 56.9 Å². The summed E-state index contributed by atoms with van der Waals surface area (Å²) >= 11 is 0. The minimum atomic E-state index is -1.40. The summed E-state index contributed by atoms with van der Waals surface area (Å²) in [6, 6.07) is 17.1. The highest BCUT2D eigenvalue weighted by Crippen LogP contribution is 2.45. The van der Waals surface area contributed by atoms with Crippen LogP contribution < -0.4 is 9.92 Å². The summed E-state index contributed by atoms with van der Waals surface area (Å²) in [5.74, 6) is 1.81. The fourth-order valence-electron chi connectivity index (χ4n) is 3.15. The van der Waals surface area contributed by atoms with Gasteiger partial charge >= 0.3 is 0 Å². The Hall–Kier alpha value is -2.39. The number of nitrogens with zero attached hydrogens (tertiary/aromatic N) is 1. The maximum atomic E-state index is 6.34. The zero-order valence-electron chi connectivity index (χ0n) is 14.6. The lowest BCUT2D eigenvalue weighted by Crippen LogP contribution is -2.37. The molecule has 0 bridgehead atoms. The molecule has 2 nitrogen and oxygen atoms in total. The minimum Gasteiger partial charge on any atom is -0.456 e. The fourth-order valence-corrected chi connectivity index (χ4v) is 4.30. The van der Waals surface area contributed by atoms with Gasteiger partial charge in [-0.25, -0.2) is 0 Å². The van der Waals surface area contributed by atoms with Crippen LogP contribution in [0, 0.1) is 6.92 Å². The van der Waals surface area contributed by atoms with Crippen molar-refractivity contribution >= 4 is 13.3 Å². The van der Waals surface area contributed by atoms with Gasteiger partial charge in [0.15, 0.2) is 0 Å². The second-order valence-electron chi connectivity index (χ2n) is 7.47. The molecule has 3 aromatic rings. The summed E-state index contributed by atoms with van der Waals surface area (Å²) in [5, 5.41) is 1.41. The second kappa shape index (κ2) is 5.31. The lowest BCUT2D eigenvalue weighted by Gasteiger charge is -2.19. The standard InChI is InChI=1S/C21H21NOSi/c1-14-11-18-16-10-9-15(24(2,3)4)12-20(16)23-19-8-6-5-7-17(19)21(18)22-13-14/h5-13H,1-4H3. The van der Waals surface area contributed by atoms with Crippen molar-refractivity contribution in [1.82, 2.24) is 4.98 Å². The summed E-state index contributed by atoms with van der Waals surface area (Å²) in [4.78, 5) is 4.72. The number of pyridine rings is 1. The Bertz CT molecular complexity index is 941. The third-order valence-corrected chi connectivity index (χ3v) is 6.57. The first-order valence-corrected chi connectivity index (χ1v) is 11.8. The smallest absolute Gasteiger partial charge is 0.136 e. The normalized spacial score (nSPS) is 12.5. The molecule has 0 atom stereocenters. The van der Waals surface area contributed by atoms with E-state index in [-0.39, 0.29) is 0 Å². The number of aryl methyl sites for hydroxylation is 1. The average Bonchev–Trinajstić information content (AvgIpc) is 2.67. The van der Waals surface area contributed by atoms with E-state index in [4.69, 9.17) is 9.72 Å². The summed E-state index contributed by atoms with van der Waals surface area (Å²) in [6.07, 6.45) is 1.93. The summed E-state index contributed by atoms with van der Waals surface area (Å²) in [6.45, 7) is 9.16. The predicted molar refractivity (Wildman–Crippen MR) is 103 cm³/mol. The van der Waals surface area contributed by atoms with Crippen LogP contribution in [0.3, 0.4) is 0 Å². The predicted octanol–water partition coefficient (Wildman–Crippen LogP) is 5.37. The topological polar surface area (TPSA) is 22.1 Å². The first-order valence-electron chi connectivity index (χ1n) is 8.32. The highest BCUT2D eigenvalue weighted by Gasteiger charge is 2.24. The number of hydrogen-bond acceptors (Lipinski definition) is 2. The monoisotopic (exact) mass is 331 g/mol.